The van der Waals surface area contributed by atoms with Crippen LogP contribution in [-0.4, -0.2) is 64.3 Å². The highest BCUT2D eigenvalue weighted by molar-refractivity contribution is 7.30. The number of hydrogen-bond donors (Lipinski definition) is 1. The Kier molecular flexibility index (Phi) is 14.2. The van der Waals surface area contributed by atoms with Gasteiger partial charge in [0.1, 0.15) is 30.1 Å². The van der Waals surface area contributed by atoms with Crippen LogP contribution in [0.2, 0.25) is 0 Å². The molecule has 60 heavy (non-hydrogen) atoms. The molecule has 0 saturated carbocycles. The summed E-state index contributed by atoms with van der Waals surface area (Å²) in [6.07, 6.45) is 2.97. The van der Waals surface area contributed by atoms with Gasteiger partial charge in [-0.25, -0.2) is 4.79 Å². The topological polar surface area (TPSA) is 151 Å². The van der Waals surface area contributed by atoms with Crippen LogP contribution in [0.1, 0.15) is 9.75 Å². The summed E-state index contributed by atoms with van der Waals surface area (Å²) in [5.74, 6) is -0.569. The Morgan fingerprint density at radius 2 is 1.13 bits per heavy atom. The molecule has 11 nitrogen and oxygen atoms in total. The van der Waals surface area contributed by atoms with E-state index >= 15 is 0 Å². The van der Waals surface area contributed by atoms with E-state index in [1.54, 1.807) is 41.9 Å². The number of nitrogens with zero attached hydrogens (tertiary/aromatic N) is 3. The van der Waals surface area contributed by atoms with E-state index in [1.165, 1.54) is 28.7 Å². The largest absolute Gasteiger partial charge is 0.491 e. The van der Waals surface area contributed by atoms with E-state index in [4.69, 9.17) is 28.9 Å². The Balaban J connectivity index is 1.10. The lowest BCUT2D eigenvalue weighted by molar-refractivity contribution is -0.132. The molecule has 0 fully saturated rings. The van der Waals surface area contributed by atoms with Gasteiger partial charge in [0.2, 0.25) is 5.76 Å². The minimum absolute atomic E-state index is 0.0529. The molecule has 0 atom stereocenters. The molecule has 0 saturated heterocycles. The molecule has 7 rings (SSSR count). The highest BCUT2D eigenvalue weighted by Gasteiger charge is 2.16. The standard InChI is InChI=1S/C45H35N3O8S4/c1-52-14-15-53-16-17-54-18-19-55-35-12-10-34(11-13-35)48(32-6-2-29(3-7-32)39-24-43-41(59-39)22-37(57-43)20-31(26-46)45(50)51)33-8-4-30(5-9-33)40-25-44-42(60-40)23-38(58-44)21-36(27-47)56-28-49/h2-13,20-25,28H,14-19H2,1H3,(H,50,51)/b31-20+,36-21+. The van der Waals surface area contributed by atoms with Crippen LogP contribution < -0.4 is 9.64 Å². The van der Waals surface area contributed by atoms with Crippen LogP contribution in [0.5, 0.6) is 5.75 Å². The molecule has 0 bridgehead atoms. The van der Waals surface area contributed by atoms with Crippen LogP contribution in [0.3, 0.4) is 0 Å². The second kappa shape index (κ2) is 20.2. The van der Waals surface area contributed by atoms with E-state index in [9.17, 15) is 20.0 Å². The Morgan fingerprint density at radius 1 is 0.650 bits per heavy atom. The monoisotopic (exact) mass is 873 g/mol. The van der Waals surface area contributed by atoms with Gasteiger partial charge in [-0.15, -0.1) is 45.3 Å². The molecule has 0 unspecified atom stereocenters. The lowest BCUT2D eigenvalue weighted by Crippen LogP contribution is -2.12. The Morgan fingerprint density at radius 3 is 1.60 bits per heavy atom. The summed E-state index contributed by atoms with van der Waals surface area (Å²) < 4.78 is 30.9. The number of carbonyl (C=O) groups is 2. The Labute approximate surface area is 361 Å². The number of hydrogen-bond acceptors (Lipinski definition) is 14. The van der Waals surface area contributed by atoms with Crippen molar-refractivity contribution in [3.8, 4) is 38.8 Å². The quantitative estimate of drug-likeness (QED) is 0.0256. The minimum Gasteiger partial charge on any atom is -0.491 e. The first kappa shape index (κ1) is 42.0. The maximum atomic E-state index is 11.3. The molecule has 0 aliphatic carbocycles. The third-order valence-corrected chi connectivity index (χ3v) is 13.4. The van der Waals surface area contributed by atoms with Crippen molar-refractivity contribution in [3.63, 3.8) is 0 Å². The van der Waals surface area contributed by atoms with Gasteiger partial charge >= 0.3 is 5.97 Å². The predicted octanol–water partition coefficient (Wildman–Crippen LogP) is 11.1. The number of benzene rings is 3. The normalized spacial score (nSPS) is 11.7. The lowest BCUT2D eigenvalue weighted by Gasteiger charge is -2.26. The number of carboxylic acids is 1. The summed E-state index contributed by atoms with van der Waals surface area (Å²) >= 11 is 6.25. The zero-order valence-electron chi connectivity index (χ0n) is 32.0. The molecule has 15 heteroatoms. The van der Waals surface area contributed by atoms with Crippen molar-refractivity contribution >= 4 is 106 Å². The first-order chi connectivity index (χ1) is 29.3. The molecule has 3 aromatic carbocycles. The molecule has 4 heterocycles. The number of carbonyl (C=O) groups excluding carboxylic acids is 1. The van der Waals surface area contributed by atoms with Crippen molar-refractivity contribution in [3.05, 3.63) is 118 Å². The van der Waals surface area contributed by atoms with E-state index in [1.807, 2.05) is 42.5 Å². The fourth-order valence-electron chi connectivity index (χ4n) is 6.06. The molecule has 0 spiro atoms. The van der Waals surface area contributed by atoms with Crippen molar-refractivity contribution in [2.75, 3.05) is 51.7 Å². The number of rotatable bonds is 20. The molecular formula is C45H35N3O8S4. The zero-order chi connectivity index (χ0) is 41.8. The van der Waals surface area contributed by atoms with Gasteiger partial charge in [0.05, 0.1) is 33.0 Å². The average Bonchev–Trinajstić information content (AvgIpc) is 4.04. The van der Waals surface area contributed by atoms with Crippen molar-refractivity contribution in [2.45, 2.75) is 0 Å². The Bertz CT molecular complexity index is 2670. The summed E-state index contributed by atoms with van der Waals surface area (Å²) in [4.78, 5) is 28.0. The fraction of sp³-hybridized carbons (Fsp3) is 0.156. The maximum Gasteiger partial charge on any atom is 0.346 e. The molecule has 0 radical (unpaired) electrons. The number of ether oxygens (including phenoxy) is 5. The van der Waals surface area contributed by atoms with Crippen LogP contribution >= 0.6 is 45.3 Å². The summed E-state index contributed by atoms with van der Waals surface area (Å²) in [5, 5.41) is 27.6. The predicted molar refractivity (Wildman–Crippen MR) is 239 cm³/mol. The van der Waals surface area contributed by atoms with Gasteiger partial charge < -0.3 is 33.7 Å². The zero-order valence-corrected chi connectivity index (χ0v) is 35.3. The summed E-state index contributed by atoms with van der Waals surface area (Å²) in [7, 11) is 1.64. The van der Waals surface area contributed by atoms with Crippen LogP contribution in [0.15, 0.2) is 108 Å². The van der Waals surface area contributed by atoms with Gasteiger partial charge in [0.15, 0.2) is 0 Å². The SMILES string of the molecule is COCCOCCOCCOc1ccc(N(c2ccc(-c3cc4sc(/C=C(\C#N)OC=O)cc4s3)cc2)c2ccc(-c3cc4sc(/C=C(\C#N)C(=O)O)cc4s3)cc2)cc1. The van der Waals surface area contributed by atoms with Gasteiger partial charge in [-0.3, -0.25) is 4.79 Å². The molecule has 7 aromatic rings. The minimum atomic E-state index is -1.24. The van der Waals surface area contributed by atoms with Crippen LogP contribution in [0.25, 0.3) is 51.8 Å². The van der Waals surface area contributed by atoms with E-state index in [2.05, 4.69) is 65.6 Å². The molecule has 0 aliphatic heterocycles. The molecule has 0 amide bonds. The summed E-state index contributed by atoms with van der Waals surface area (Å²) in [6.45, 7) is 3.15. The van der Waals surface area contributed by atoms with Crippen LogP contribution in [-0.2, 0) is 28.5 Å². The van der Waals surface area contributed by atoms with Crippen LogP contribution in [0, 0.1) is 22.7 Å². The molecular weight excluding hydrogens is 839 g/mol. The van der Waals surface area contributed by atoms with Gasteiger partial charge in [0.25, 0.3) is 6.47 Å². The third kappa shape index (κ3) is 10.3. The smallest absolute Gasteiger partial charge is 0.346 e. The molecule has 1 N–H and O–H groups in total. The van der Waals surface area contributed by atoms with E-state index in [0.29, 0.717) is 39.6 Å². The average molecular weight is 874 g/mol. The van der Waals surface area contributed by atoms with Gasteiger partial charge in [-0.05, 0) is 90.0 Å². The number of carboxylic acid groups (broad SMARTS) is 1. The third-order valence-electron chi connectivity index (χ3n) is 8.86. The number of anilines is 3. The van der Waals surface area contributed by atoms with Crippen molar-refractivity contribution in [1.82, 2.24) is 0 Å². The second-order valence-electron chi connectivity index (χ2n) is 12.8. The number of methoxy groups -OCH3 is 1. The molecule has 0 aliphatic rings. The first-order valence-corrected chi connectivity index (χ1v) is 21.6. The van der Waals surface area contributed by atoms with E-state index in [0.717, 1.165) is 72.2 Å². The molecule has 4 aromatic heterocycles. The Hall–Kier alpha value is -6.14. The van der Waals surface area contributed by atoms with Crippen LogP contribution in [0.4, 0.5) is 17.1 Å². The fourth-order valence-corrected chi connectivity index (χ4v) is 10.8. The number of nitriles is 2. The van der Waals surface area contributed by atoms with Crippen molar-refractivity contribution in [1.29, 1.82) is 10.5 Å². The first-order valence-electron chi connectivity index (χ1n) is 18.4. The highest BCUT2D eigenvalue weighted by atomic mass is 32.1. The number of thiophene rings is 4. The van der Waals surface area contributed by atoms with Crippen molar-refractivity contribution in [2.24, 2.45) is 0 Å². The summed E-state index contributed by atoms with van der Waals surface area (Å²) in [6, 6.07) is 36.5. The molecule has 302 valence electrons. The van der Waals surface area contributed by atoms with E-state index < -0.39 is 5.97 Å². The van der Waals surface area contributed by atoms with Gasteiger partial charge in [-0.2, -0.15) is 10.5 Å². The summed E-state index contributed by atoms with van der Waals surface area (Å²) in [5.41, 5.74) is 4.68. The van der Waals surface area contributed by atoms with Gasteiger partial charge in [-0.1, -0.05) is 24.3 Å². The second-order valence-corrected chi connectivity index (χ2v) is 17.2. The van der Waals surface area contributed by atoms with Crippen molar-refractivity contribution < 1.29 is 38.4 Å². The number of aliphatic carboxylic acids is 1. The lowest BCUT2D eigenvalue weighted by atomic mass is 10.1. The number of allylic oxidation sites excluding steroid dienone is 1. The highest BCUT2D eigenvalue weighted by Crippen LogP contribution is 2.43. The van der Waals surface area contributed by atoms with E-state index in [-0.39, 0.29) is 17.8 Å². The maximum absolute atomic E-state index is 11.3. The number of fused-ring (bicyclic) bond motifs is 2. The van der Waals surface area contributed by atoms with Gasteiger partial charge in [0, 0.05) is 68.6 Å².